The van der Waals surface area contributed by atoms with Crippen LogP contribution in [-0.2, 0) is 0 Å². The third-order valence-corrected chi connectivity index (χ3v) is 14.4. The zero-order chi connectivity index (χ0) is 37.5. The normalized spacial score (nSPS) is 11.9. The standard InChI is InChI=1S/C51H29N3S3/c1-4-17-41-35(12-1)40-29-34(26-27-44(40)55-41)33-11-7-10-32(28-33)30-22-24-31(25-23-30)49-52-50(38-15-8-20-45-47(38)36-13-2-5-18-42(36)56-45)54-51(53-49)39-16-9-21-46-48(39)37-14-3-6-19-43(37)57-46/h1-29H. The number of hydrogen-bond donors (Lipinski definition) is 0. The summed E-state index contributed by atoms with van der Waals surface area (Å²) in [5, 5.41) is 7.43. The Morgan fingerprint density at radius 2 is 0.684 bits per heavy atom. The van der Waals surface area contributed by atoms with E-state index in [4.69, 9.17) is 15.0 Å². The first-order chi connectivity index (χ1) is 28.2. The molecule has 6 heteroatoms. The predicted molar refractivity (Wildman–Crippen MR) is 246 cm³/mol. The molecule has 266 valence electrons. The first-order valence-electron chi connectivity index (χ1n) is 18.9. The Morgan fingerprint density at radius 1 is 0.263 bits per heavy atom. The highest BCUT2D eigenvalue weighted by atomic mass is 32.1. The molecule has 0 radical (unpaired) electrons. The van der Waals surface area contributed by atoms with E-state index < -0.39 is 0 Å². The van der Waals surface area contributed by atoms with Crippen molar-refractivity contribution in [3.05, 3.63) is 176 Å². The lowest BCUT2D eigenvalue weighted by atomic mass is 9.97. The molecule has 0 saturated carbocycles. The maximum absolute atomic E-state index is 5.30. The smallest absolute Gasteiger partial charge is 0.164 e. The fourth-order valence-corrected chi connectivity index (χ4v) is 11.6. The molecule has 0 spiro atoms. The summed E-state index contributed by atoms with van der Waals surface area (Å²) in [5.74, 6) is 2.00. The second-order valence-corrected chi connectivity index (χ2v) is 17.6. The van der Waals surface area contributed by atoms with Gasteiger partial charge in [0.2, 0.25) is 0 Å². The minimum Gasteiger partial charge on any atom is -0.208 e. The lowest BCUT2D eigenvalue weighted by Crippen LogP contribution is -2.00. The highest BCUT2D eigenvalue weighted by Crippen LogP contribution is 2.43. The average molecular weight is 780 g/mol. The third kappa shape index (κ3) is 5.41. The number of fused-ring (bicyclic) bond motifs is 9. The Bertz CT molecular complexity index is 3410. The van der Waals surface area contributed by atoms with Gasteiger partial charge in [-0.1, -0.05) is 127 Å². The highest BCUT2D eigenvalue weighted by Gasteiger charge is 2.19. The molecule has 0 N–H and O–H groups in total. The highest BCUT2D eigenvalue weighted by molar-refractivity contribution is 7.26. The zero-order valence-corrected chi connectivity index (χ0v) is 32.8. The predicted octanol–water partition coefficient (Wildman–Crippen LogP) is 15.3. The molecule has 0 amide bonds. The first kappa shape index (κ1) is 32.7. The molecule has 4 heterocycles. The Labute approximate surface area is 339 Å². The molecule has 57 heavy (non-hydrogen) atoms. The number of nitrogens with zero attached hydrogens (tertiary/aromatic N) is 3. The summed E-state index contributed by atoms with van der Waals surface area (Å²) in [7, 11) is 0. The van der Waals surface area contributed by atoms with Crippen LogP contribution in [0.25, 0.3) is 117 Å². The fourth-order valence-electron chi connectivity index (χ4n) is 8.26. The van der Waals surface area contributed by atoms with E-state index in [0.29, 0.717) is 17.5 Å². The second kappa shape index (κ2) is 13.0. The van der Waals surface area contributed by atoms with Crippen molar-refractivity contribution in [2.45, 2.75) is 0 Å². The molecule has 0 saturated heterocycles. The number of aromatic nitrogens is 3. The van der Waals surface area contributed by atoms with Crippen molar-refractivity contribution >= 4 is 94.5 Å². The van der Waals surface area contributed by atoms with E-state index in [9.17, 15) is 0 Å². The Balaban J connectivity index is 0.990. The van der Waals surface area contributed by atoms with Crippen molar-refractivity contribution in [3.63, 3.8) is 0 Å². The largest absolute Gasteiger partial charge is 0.208 e. The van der Waals surface area contributed by atoms with Gasteiger partial charge in [0.1, 0.15) is 0 Å². The maximum Gasteiger partial charge on any atom is 0.164 e. The van der Waals surface area contributed by atoms with E-state index >= 15 is 0 Å². The Kier molecular flexibility index (Phi) is 7.45. The van der Waals surface area contributed by atoms with Gasteiger partial charge in [-0.3, -0.25) is 0 Å². The SMILES string of the molecule is c1cc(-c2ccc(-c3nc(-c4cccc5sc6ccccc6c45)nc(-c4cccc5sc6ccccc6c45)n3)cc2)cc(-c2ccc3sc4ccccc4c3c2)c1. The van der Waals surface area contributed by atoms with Crippen LogP contribution in [-0.4, -0.2) is 15.0 Å². The summed E-state index contributed by atoms with van der Waals surface area (Å²) >= 11 is 5.47. The molecule has 0 unspecified atom stereocenters. The first-order valence-corrected chi connectivity index (χ1v) is 21.4. The zero-order valence-electron chi connectivity index (χ0n) is 30.3. The van der Waals surface area contributed by atoms with Crippen LogP contribution in [0.4, 0.5) is 0 Å². The third-order valence-electron chi connectivity index (χ3n) is 11.0. The molecule has 0 aliphatic heterocycles. The van der Waals surface area contributed by atoms with Crippen LogP contribution in [0, 0.1) is 0 Å². The minimum atomic E-state index is 0.652. The average Bonchev–Trinajstić information content (AvgIpc) is 3.97. The number of thiophene rings is 3. The van der Waals surface area contributed by atoms with E-state index in [1.807, 2.05) is 11.3 Å². The minimum absolute atomic E-state index is 0.652. The van der Waals surface area contributed by atoms with Crippen LogP contribution in [0.2, 0.25) is 0 Å². The van der Waals surface area contributed by atoms with Gasteiger partial charge in [0.05, 0.1) is 0 Å². The van der Waals surface area contributed by atoms with Gasteiger partial charge in [0.15, 0.2) is 17.5 Å². The van der Waals surface area contributed by atoms with Crippen molar-refractivity contribution in [1.82, 2.24) is 15.0 Å². The van der Waals surface area contributed by atoms with Crippen molar-refractivity contribution in [1.29, 1.82) is 0 Å². The van der Waals surface area contributed by atoms with Crippen LogP contribution < -0.4 is 0 Å². The molecule has 0 bridgehead atoms. The van der Waals surface area contributed by atoms with E-state index in [1.54, 1.807) is 22.7 Å². The molecule has 0 fully saturated rings. The summed E-state index contributed by atoms with van der Waals surface area (Å²) in [6, 6.07) is 63.2. The van der Waals surface area contributed by atoms with Crippen molar-refractivity contribution in [2.75, 3.05) is 0 Å². The molecular formula is C51H29N3S3. The summed E-state index contributed by atoms with van der Waals surface area (Å²) in [4.78, 5) is 15.8. The van der Waals surface area contributed by atoms with Crippen molar-refractivity contribution < 1.29 is 0 Å². The summed E-state index contributed by atoms with van der Waals surface area (Å²) in [6.45, 7) is 0. The maximum atomic E-state index is 5.30. The molecular weight excluding hydrogens is 751 g/mol. The van der Waals surface area contributed by atoms with E-state index in [2.05, 4.69) is 176 Å². The van der Waals surface area contributed by atoms with Gasteiger partial charge in [-0.25, -0.2) is 15.0 Å². The van der Waals surface area contributed by atoms with Gasteiger partial charge in [-0.15, -0.1) is 34.0 Å². The summed E-state index contributed by atoms with van der Waals surface area (Å²) in [6.07, 6.45) is 0. The van der Waals surface area contributed by atoms with Crippen LogP contribution >= 0.6 is 34.0 Å². The molecule has 8 aromatic carbocycles. The van der Waals surface area contributed by atoms with Gasteiger partial charge in [0.25, 0.3) is 0 Å². The second-order valence-electron chi connectivity index (χ2n) is 14.3. The Morgan fingerprint density at radius 3 is 1.32 bits per heavy atom. The topological polar surface area (TPSA) is 38.7 Å². The van der Waals surface area contributed by atoms with Crippen LogP contribution in [0.3, 0.4) is 0 Å². The van der Waals surface area contributed by atoms with Gasteiger partial charge < -0.3 is 0 Å². The summed E-state index contributed by atoms with van der Waals surface area (Å²) < 4.78 is 7.59. The van der Waals surface area contributed by atoms with Crippen LogP contribution in [0.5, 0.6) is 0 Å². The van der Waals surface area contributed by atoms with E-state index in [1.165, 1.54) is 77.2 Å². The summed E-state index contributed by atoms with van der Waals surface area (Å²) in [5.41, 5.74) is 7.69. The van der Waals surface area contributed by atoms with Crippen molar-refractivity contribution in [2.24, 2.45) is 0 Å². The van der Waals surface area contributed by atoms with Crippen molar-refractivity contribution in [3.8, 4) is 56.4 Å². The number of benzene rings is 8. The lowest BCUT2D eigenvalue weighted by Gasteiger charge is -2.11. The fraction of sp³-hybridized carbons (Fsp3) is 0. The Hall–Kier alpha value is -6.57. The molecule has 0 aliphatic carbocycles. The van der Waals surface area contributed by atoms with Crippen LogP contribution in [0.15, 0.2) is 176 Å². The molecule has 0 aliphatic rings. The van der Waals surface area contributed by atoms with E-state index in [0.717, 1.165) is 22.3 Å². The van der Waals surface area contributed by atoms with Gasteiger partial charge in [-0.2, -0.15) is 0 Å². The molecule has 3 nitrogen and oxygen atoms in total. The van der Waals surface area contributed by atoms with E-state index in [-0.39, 0.29) is 0 Å². The molecule has 12 rings (SSSR count). The van der Waals surface area contributed by atoms with Gasteiger partial charge in [-0.05, 0) is 70.8 Å². The molecule has 0 atom stereocenters. The monoisotopic (exact) mass is 779 g/mol. The van der Waals surface area contributed by atoms with Gasteiger partial charge >= 0.3 is 0 Å². The van der Waals surface area contributed by atoms with Crippen LogP contribution in [0.1, 0.15) is 0 Å². The van der Waals surface area contributed by atoms with Gasteiger partial charge in [0, 0.05) is 77.2 Å². The number of hydrogen-bond acceptors (Lipinski definition) is 6. The quantitative estimate of drug-likeness (QED) is 0.175. The lowest BCUT2D eigenvalue weighted by molar-refractivity contribution is 1.08. The molecule has 12 aromatic rings. The number of rotatable bonds is 5. The molecule has 4 aromatic heterocycles.